The van der Waals surface area contributed by atoms with E-state index in [1.807, 2.05) is 25.6 Å². The van der Waals surface area contributed by atoms with Gasteiger partial charge in [0.05, 0.1) is 6.10 Å². The summed E-state index contributed by atoms with van der Waals surface area (Å²) < 4.78 is 5.46. The van der Waals surface area contributed by atoms with Gasteiger partial charge in [-0.3, -0.25) is 5.43 Å². The molecule has 0 amide bonds. The van der Waals surface area contributed by atoms with Crippen molar-refractivity contribution in [3.8, 4) is 6.01 Å². The van der Waals surface area contributed by atoms with Crippen molar-refractivity contribution in [2.24, 2.45) is 5.84 Å². The first kappa shape index (κ1) is 15.8. The van der Waals surface area contributed by atoms with Gasteiger partial charge >= 0.3 is 6.01 Å². The Hall–Kier alpha value is -1.28. The summed E-state index contributed by atoms with van der Waals surface area (Å²) in [7, 11) is 0. The van der Waals surface area contributed by atoms with Crippen molar-refractivity contribution in [3.05, 3.63) is 0 Å². The van der Waals surface area contributed by atoms with Crippen LogP contribution >= 0.6 is 11.8 Å². The van der Waals surface area contributed by atoms with E-state index in [0.29, 0.717) is 5.95 Å². The smallest absolute Gasteiger partial charge is 0.323 e. The van der Waals surface area contributed by atoms with E-state index in [9.17, 15) is 0 Å². The van der Waals surface area contributed by atoms with Crippen molar-refractivity contribution < 1.29 is 4.74 Å². The monoisotopic (exact) mass is 286 g/mol. The molecule has 0 spiro atoms. The Labute approximate surface area is 118 Å². The normalized spacial score (nSPS) is 12.3. The number of ether oxygens (including phenoxy) is 1. The van der Waals surface area contributed by atoms with Gasteiger partial charge in [0.1, 0.15) is 0 Å². The number of nitrogens with one attached hydrogen (secondary N) is 2. The van der Waals surface area contributed by atoms with Gasteiger partial charge in [-0.1, -0.05) is 6.92 Å². The molecule has 1 aromatic rings. The summed E-state index contributed by atoms with van der Waals surface area (Å²) in [4.78, 5) is 12.4. The number of thioether (sulfide) groups is 1. The number of anilines is 2. The van der Waals surface area contributed by atoms with E-state index in [1.54, 1.807) is 0 Å². The first-order valence-electron chi connectivity index (χ1n) is 6.28. The maximum Gasteiger partial charge on any atom is 0.323 e. The second-order valence-electron chi connectivity index (χ2n) is 4.28. The molecule has 4 N–H and O–H groups in total. The van der Waals surface area contributed by atoms with Crippen molar-refractivity contribution >= 4 is 23.7 Å². The highest BCUT2D eigenvalue weighted by Crippen LogP contribution is 2.13. The molecule has 8 heteroatoms. The highest BCUT2D eigenvalue weighted by molar-refractivity contribution is 7.99. The third-order valence-corrected chi connectivity index (χ3v) is 3.18. The Kier molecular flexibility index (Phi) is 6.65. The summed E-state index contributed by atoms with van der Waals surface area (Å²) in [6, 6.07) is 0.515. The summed E-state index contributed by atoms with van der Waals surface area (Å²) in [5, 5.41) is 3.21. The second-order valence-corrected chi connectivity index (χ2v) is 5.60. The molecule has 1 rings (SSSR count). The van der Waals surface area contributed by atoms with Crippen LogP contribution in [0, 0.1) is 0 Å². The topological polar surface area (TPSA) is 98.0 Å². The molecule has 0 aliphatic rings. The van der Waals surface area contributed by atoms with Crippen LogP contribution in [0.4, 0.5) is 11.9 Å². The fourth-order valence-electron chi connectivity index (χ4n) is 1.31. The first-order chi connectivity index (χ1) is 9.05. The Morgan fingerprint density at radius 3 is 2.47 bits per heavy atom. The van der Waals surface area contributed by atoms with E-state index in [-0.39, 0.29) is 24.1 Å². The quantitative estimate of drug-likeness (QED) is 0.488. The molecule has 1 heterocycles. The van der Waals surface area contributed by atoms with Gasteiger partial charge in [0, 0.05) is 11.8 Å². The Bertz CT molecular complexity index is 389. The fourth-order valence-corrected chi connectivity index (χ4v) is 1.98. The standard InChI is InChI=1S/C11H22N6OS/c1-5-19-6-8(4)13-9-14-10(17-12)16-11(15-9)18-7(2)3/h7-8H,5-6,12H2,1-4H3,(H2,13,14,15,16,17). The van der Waals surface area contributed by atoms with Gasteiger partial charge in [-0.15, -0.1) is 0 Å². The molecule has 0 aliphatic carbocycles. The minimum absolute atomic E-state index is 0.00561. The van der Waals surface area contributed by atoms with Crippen molar-refractivity contribution in [1.29, 1.82) is 0 Å². The number of hydrazine groups is 1. The molecule has 0 saturated heterocycles. The molecule has 0 fully saturated rings. The zero-order valence-electron chi connectivity index (χ0n) is 11.8. The molecule has 108 valence electrons. The molecule has 1 aromatic heterocycles. The minimum Gasteiger partial charge on any atom is -0.461 e. The van der Waals surface area contributed by atoms with Crippen LogP contribution in [0.2, 0.25) is 0 Å². The maximum atomic E-state index is 5.46. The van der Waals surface area contributed by atoms with Crippen LogP contribution in [0.25, 0.3) is 0 Å². The second kappa shape index (κ2) is 8.00. The number of nitrogen functional groups attached to an aromatic ring is 1. The lowest BCUT2D eigenvalue weighted by molar-refractivity contribution is 0.222. The van der Waals surface area contributed by atoms with Crippen LogP contribution in [-0.2, 0) is 0 Å². The lowest BCUT2D eigenvalue weighted by Gasteiger charge is -2.15. The fraction of sp³-hybridized carbons (Fsp3) is 0.727. The van der Waals surface area contributed by atoms with Gasteiger partial charge in [-0.2, -0.15) is 26.7 Å². The third-order valence-electron chi connectivity index (χ3n) is 2.03. The number of rotatable bonds is 8. The highest BCUT2D eigenvalue weighted by atomic mass is 32.2. The van der Waals surface area contributed by atoms with Crippen LogP contribution in [-0.4, -0.2) is 38.6 Å². The van der Waals surface area contributed by atoms with E-state index in [0.717, 1.165) is 11.5 Å². The number of aromatic nitrogens is 3. The van der Waals surface area contributed by atoms with Gasteiger partial charge in [-0.25, -0.2) is 5.84 Å². The summed E-state index contributed by atoms with van der Waals surface area (Å²) in [5.74, 6) is 8.15. The SMILES string of the molecule is CCSCC(C)Nc1nc(NN)nc(OC(C)C)n1. The maximum absolute atomic E-state index is 5.46. The highest BCUT2D eigenvalue weighted by Gasteiger charge is 2.10. The summed E-state index contributed by atoms with van der Waals surface area (Å²) >= 11 is 1.86. The minimum atomic E-state index is -0.00561. The van der Waals surface area contributed by atoms with Gasteiger partial charge in [0.2, 0.25) is 11.9 Å². The first-order valence-corrected chi connectivity index (χ1v) is 7.44. The summed E-state index contributed by atoms with van der Waals surface area (Å²) in [5.41, 5.74) is 2.41. The predicted octanol–water partition coefficient (Wildman–Crippen LogP) is 1.50. The van der Waals surface area contributed by atoms with E-state index in [4.69, 9.17) is 10.6 Å². The van der Waals surface area contributed by atoms with Crippen LogP contribution in [0.15, 0.2) is 0 Å². The summed E-state index contributed by atoms with van der Waals surface area (Å²) in [6.45, 7) is 8.02. The van der Waals surface area contributed by atoms with Crippen LogP contribution < -0.4 is 21.3 Å². The van der Waals surface area contributed by atoms with Crippen molar-refractivity contribution in [2.75, 3.05) is 22.2 Å². The lowest BCUT2D eigenvalue weighted by atomic mass is 10.4. The number of nitrogens with two attached hydrogens (primary N) is 1. The Morgan fingerprint density at radius 1 is 1.21 bits per heavy atom. The Morgan fingerprint density at radius 2 is 1.89 bits per heavy atom. The molecular formula is C11H22N6OS. The molecule has 0 aliphatic heterocycles. The Balaban J connectivity index is 2.75. The molecule has 7 nitrogen and oxygen atoms in total. The van der Waals surface area contributed by atoms with E-state index >= 15 is 0 Å². The molecule has 0 saturated carbocycles. The largest absolute Gasteiger partial charge is 0.461 e. The molecule has 1 unspecified atom stereocenters. The molecule has 19 heavy (non-hydrogen) atoms. The molecule has 0 aromatic carbocycles. The van der Waals surface area contributed by atoms with Gasteiger partial charge in [0.15, 0.2) is 0 Å². The van der Waals surface area contributed by atoms with Gasteiger partial charge < -0.3 is 10.1 Å². The molecule has 0 radical (unpaired) electrons. The van der Waals surface area contributed by atoms with E-state index in [1.165, 1.54) is 0 Å². The van der Waals surface area contributed by atoms with Crippen LogP contribution in [0.1, 0.15) is 27.7 Å². The van der Waals surface area contributed by atoms with E-state index < -0.39 is 0 Å². The zero-order chi connectivity index (χ0) is 14.3. The van der Waals surface area contributed by atoms with E-state index in [2.05, 4.69) is 39.5 Å². The lowest BCUT2D eigenvalue weighted by Crippen LogP contribution is -2.22. The predicted molar refractivity (Wildman–Crippen MR) is 79.5 cm³/mol. The zero-order valence-corrected chi connectivity index (χ0v) is 12.6. The average molecular weight is 286 g/mol. The van der Waals surface area contributed by atoms with Gasteiger partial charge in [-0.05, 0) is 26.5 Å². The number of hydrogen-bond acceptors (Lipinski definition) is 8. The van der Waals surface area contributed by atoms with Crippen molar-refractivity contribution in [2.45, 2.75) is 39.8 Å². The molecule has 1 atom stereocenters. The summed E-state index contributed by atoms with van der Waals surface area (Å²) in [6.07, 6.45) is -0.00561. The number of nitrogens with zero attached hydrogens (tertiary/aromatic N) is 3. The number of hydrogen-bond donors (Lipinski definition) is 3. The van der Waals surface area contributed by atoms with Crippen molar-refractivity contribution in [3.63, 3.8) is 0 Å². The average Bonchev–Trinajstić information content (AvgIpc) is 2.35. The van der Waals surface area contributed by atoms with Gasteiger partial charge in [0.25, 0.3) is 0 Å². The van der Waals surface area contributed by atoms with Crippen LogP contribution in [0.3, 0.4) is 0 Å². The van der Waals surface area contributed by atoms with Crippen molar-refractivity contribution in [1.82, 2.24) is 15.0 Å². The molecular weight excluding hydrogens is 264 g/mol. The molecule has 0 bridgehead atoms. The van der Waals surface area contributed by atoms with Crippen LogP contribution in [0.5, 0.6) is 6.01 Å². The third kappa shape index (κ3) is 5.93.